The maximum atomic E-state index is 13.3. The number of allylic oxidation sites excluding steroid dienone is 1. The SMILES string of the molecule is C=CC[C@H](C(=O)N1COC[C@@H]1Cc1ccccc1)c1ccc(Cl)c(Cl)c1. The second-order valence-electron chi connectivity index (χ2n) is 6.40. The van der Waals surface area contributed by atoms with Crippen LogP contribution in [0.5, 0.6) is 0 Å². The number of hydrogen-bond donors (Lipinski definition) is 0. The fraction of sp³-hybridized carbons (Fsp3) is 0.286. The molecule has 2 aromatic rings. The summed E-state index contributed by atoms with van der Waals surface area (Å²) in [4.78, 5) is 15.1. The van der Waals surface area contributed by atoms with E-state index in [0.717, 1.165) is 12.0 Å². The van der Waals surface area contributed by atoms with Crippen molar-refractivity contribution in [1.82, 2.24) is 4.90 Å². The van der Waals surface area contributed by atoms with E-state index in [-0.39, 0.29) is 17.9 Å². The van der Waals surface area contributed by atoms with E-state index >= 15 is 0 Å². The van der Waals surface area contributed by atoms with Crippen LogP contribution in [0.25, 0.3) is 0 Å². The number of halogens is 2. The number of carbonyl (C=O) groups is 1. The van der Waals surface area contributed by atoms with E-state index in [9.17, 15) is 4.79 Å². The van der Waals surface area contributed by atoms with Crippen molar-refractivity contribution in [2.45, 2.75) is 24.8 Å². The second kappa shape index (κ2) is 8.72. The summed E-state index contributed by atoms with van der Waals surface area (Å²) in [6.07, 6.45) is 3.06. The van der Waals surface area contributed by atoms with Crippen LogP contribution in [0.15, 0.2) is 61.2 Å². The van der Waals surface area contributed by atoms with E-state index in [1.165, 1.54) is 5.56 Å². The van der Waals surface area contributed by atoms with Gasteiger partial charge in [0.25, 0.3) is 0 Å². The number of carbonyl (C=O) groups excluding carboxylic acids is 1. The van der Waals surface area contributed by atoms with Gasteiger partial charge < -0.3 is 9.64 Å². The van der Waals surface area contributed by atoms with E-state index in [2.05, 4.69) is 18.7 Å². The average molecular weight is 390 g/mol. The first-order valence-electron chi connectivity index (χ1n) is 8.58. The molecule has 1 aliphatic heterocycles. The van der Waals surface area contributed by atoms with Gasteiger partial charge in [-0.05, 0) is 36.1 Å². The van der Waals surface area contributed by atoms with Crippen LogP contribution in [0.2, 0.25) is 10.0 Å². The van der Waals surface area contributed by atoms with E-state index in [1.54, 1.807) is 18.2 Å². The van der Waals surface area contributed by atoms with Gasteiger partial charge in [-0.15, -0.1) is 6.58 Å². The Labute approximate surface area is 164 Å². The molecule has 0 unspecified atom stereocenters. The van der Waals surface area contributed by atoms with E-state index in [4.69, 9.17) is 27.9 Å². The Morgan fingerprint density at radius 1 is 1.23 bits per heavy atom. The molecule has 3 nitrogen and oxygen atoms in total. The lowest BCUT2D eigenvalue weighted by atomic mass is 9.93. The summed E-state index contributed by atoms with van der Waals surface area (Å²) in [5.41, 5.74) is 2.03. The quantitative estimate of drug-likeness (QED) is 0.644. The van der Waals surface area contributed by atoms with Crippen LogP contribution in [0.3, 0.4) is 0 Å². The Kier molecular flexibility index (Phi) is 6.36. The third kappa shape index (κ3) is 4.29. The molecule has 0 aromatic heterocycles. The third-order valence-corrected chi connectivity index (χ3v) is 5.36. The molecular formula is C21H21Cl2NO2. The van der Waals surface area contributed by atoms with Gasteiger partial charge in [0.1, 0.15) is 6.73 Å². The van der Waals surface area contributed by atoms with E-state index < -0.39 is 0 Å². The molecule has 5 heteroatoms. The average Bonchev–Trinajstić information content (AvgIpc) is 3.10. The maximum Gasteiger partial charge on any atom is 0.232 e. The molecule has 3 rings (SSSR count). The van der Waals surface area contributed by atoms with Crippen molar-refractivity contribution in [1.29, 1.82) is 0 Å². The highest BCUT2D eigenvalue weighted by atomic mass is 35.5. The number of ether oxygens (including phenoxy) is 1. The lowest BCUT2D eigenvalue weighted by Crippen LogP contribution is -2.40. The highest BCUT2D eigenvalue weighted by Crippen LogP contribution is 2.31. The number of hydrogen-bond acceptors (Lipinski definition) is 2. The molecule has 2 aromatic carbocycles. The largest absolute Gasteiger partial charge is 0.359 e. The predicted octanol–water partition coefficient (Wildman–Crippen LogP) is 5.08. The first-order chi connectivity index (χ1) is 12.6. The summed E-state index contributed by atoms with van der Waals surface area (Å²) in [7, 11) is 0. The molecule has 2 atom stereocenters. The van der Waals surface area contributed by atoms with Crippen molar-refractivity contribution >= 4 is 29.1 Å². The van der Waals surface area contributed by atoms with Crippen molar-refractivity contribution < 1.29 is 9.53 Å². The molecule has 136 valence electrons. The zero-order valence-electron chi connectivity index (χ0n) is 14.4. The minimum Gasteiger partial charge on any atom is -0.359 e. The van der Waals surface area contributed by atoms with Crippen molar-refractivity contribution in [2.24, 2.45) is 0 Å². The summed E-state index contributed by atoms with van der Waals surface area (Å²) < 4.78 is 5.60. The number of rotatable bonds is 6. The Morgan fingerprint density at radius 2 is 2.00 bits per heavy atom. The molecule has 1 fully saturated rings. The second-order valence-corrected chi connectivity index (χ2v) is 7.22. The standard InChI is InChI=1S/C21H21Cl2NO2/c1-2-6-18(16-9-10-19(22)20(23)12-16)21(25)24-14-26-13-17(24)11-15-7-4-3-5-8-15/h2-5,7-10,12,17-18H,1,6,11,13-14H2/t17-,18-/m0/s1. The van der Waals surface area contributed by atoms with Gasteiger partial charge in [-0.3, -0.25) is 4.79 Å². The van der Waals surface area contributed by atoms with Crippen molar-refractivity contribution in [2.75, 3.05) is 13.3 Å². The van der Waals surface area contributed by atoms with E-state index in [0.29, 0.717) is 29.8 Å². The van der Waals surface area contributed by atoms with Crippen LogP contribution >= 0.6 is 23.2 Å². The number of amides is 1. The van der Waals surface area contributed by atoms with Crippen LogP contribution in [0, 0.1) is 0 Å². The van der Waals surface area contributed by atoms with Crippen LogP contribution in [0.4, 0.5) is 0 Å². The van der Waals surface area contributed by atoms with Crippen molar-refractivity contribution in [3.63, 3.8) is 0 Å². The Hall–Kier alpha value is -1.81. The lowest BCUT2D eigenvalue weighted by Gasteiger charge is -2.27. The fourth-order valence-electron chi connectivity index (χ4n) is 3.26. The molecule has 1 amide bonds. The van der Waals surface area contributed by atoms with Gasteiger partial charge in [-0.25, -0.2) is 0 Å². The van der Waals surface area contributed by atoms with Crippen molar-refractivity contribution in [3.8, 4) is 0 Å². The molecule has 1 heterocycles. The van der Waals surface area contributed by atoms with Crippen LogP contribution in [-0.4, -0.2) is 30.2 Å². The summed E-state index contributed by atoms with van der Waals surface area (Å²) in [5, 5.41) is 0.927. The fourth-order valence-corrected chi connectivity index (χ4v) is 3.56. The third-order valence-electron chi connectivity index (χ3n) is 4.63. The highest BCUT2D eigenvalue weighted by molar-refractivity contribution is 6.42. The Bertz CT molecular complexity index is 779. The van der Waals surface area contributed by atoms with Crippen LogP contribution in [-0.2, 0) is 16.0 Å². The molecule has 0 bridgehead atoms. The maximum absolute atomic E-state index is 13.3. The molecule has 0 aliphatic carbocycles. The molecular weight excluding hydrogens is 369 g/mol. The number of nitrogens with zero attached hydrogens (tertiary/aromatic N) is 1. The van der Waals surface area contributed by atoms with Gasteiger partial charge in [0.05, 0.1) is 28.6 Å². The van der Waals surface area contributed by atoms with Crippen LogP contribution < -0.4 is 0 Å². The summed E-state index contributed by atoms with van der Waals surface area (Å²) in [6, 6.07) is 15.5. The summed E-state index contributed by atoms with van der Waals surface area (Å²) >= 11 is 12.2. The summed E-state index contributed by atoms with van der Waals surface area (Å²) in [6.45, 7) is 4.66. The smallest absolute Gasteiger partial charge is 0.232 e. The molecule has 0 radical (unpaired) electrons. The van der Waals surface area contributed by atoms with Crippen molar-refractivity contribution in [3.05, 3.63) is 82.4 Å². The highest BCUT2D eigenvalue weighted by Gasteiger charge is 2.34. The number of benzene rings is 2. The zero-order chi connectivity index (χ0) is 18.5. The van der Waals surface area contributed by atoms with Crippen LogP contribution in [0.1, 0.15) is 23.5 Å². The first-order valence-corrected chi connectivity index (χ1v) is 9.33. The van der Waals surface area contributed by atoms with Gasteiger partial charge in [0, 0.05) is 0 Å². The minimum atomic E-state index is -0.345. The Morgan fingerprint density at radius 3 is 2.69 bits per heavy atom. The molecule has 0 saturated carbocycles. The minimum absolute atomic E-state index is 0.0278. The van der Waals surface area contributed by atoms with Gasteiger partial charge in [-0.1, -0.05) is 65.7 Å². The Balaban J connectivity index is 1.81. The topological polar surface area (TPSA) is 29.5 Å². The predicted molar refractivity (Wildman–Crippen MR) is 106 cm³/mol. The first kappa shape index (κ1) is 19.0. The van der Waals surface area contributed by atoms with Gasteiger partial charge in [-0.2, -0.15) is 0 Å². The zero-order valence-corrected chi connectivity index (χ0v) is 15.9. The molecule has 26 heavy (non-hydrogen) atoms. The normalized spacial score (nSPS) is 17.9. The molecule has 0 N–H and O–H groups in total. The van der Waals surface area contributed by atoms with E-state index in [1.807, 2.05) is 29.2 Å². The molecule has 0 spiro atoms. The van der Waals surface area contributed by atoms with Gasteiger partial charge in [0.15, 0.2) is 0 Å². The molecule has 1 aliphatic rings. The molecule has 1 saturated heterocycles. The lowest BCUT2D eigenvalue weighted by molar-refractivity contribution is -0.134. The van der Waals surface area contributed by atoms with Gasteiger partial charge >= 0.3 is 0 Å². The summed E-state index contributed by atoms with van der Waals surface area (Å²) in [5.74, 6) is -0.316. The van der Waals surface area contributed by atoms with Gasteiger partial charge in [0.2, 0.25) is 5.91 Å². The monoisotopic (exact) mass is 389 g/mol.